The molecule has 0 atom stereocenters. The van der Waals surface area contributed by atoms with Crippen LogP contribution in [0.25, 0.3) is 0 Å². The molecule has 1 fully saturated rings. The second-order valence-corrected chi connectivity index (χ2v) is 6.52. The lowest BCUT2D eigenvalue weighted by atomic mass is 10.4. The summed E-state index contributed by atoms with van der Waals surface area (Å²) in [4.78, 5) is 0. The zero-order valence-corrected chi connectivity index (χ0v) is 10.6. The average Bonchev–Trinajstić information content (AvgIpc) is 2.69. The summed E-state index contributed by atoms with van der Waals surface area (Å²) in [5.41, 5.74) is 5.30. The zero-order chi connectivity index (χ0) is 12.2. The maximum absolute atomic E-state index is 12.2. The van der Waals surface area contributed by atoms with E-state index >= 15 is 0 Å². The first-order chi connectivity index (χ1) is 7.48. The van der Waals surface area contributed by atoms with E-state index in [0.717, 1.165) is 32.1 Å². The van der Waals surface area contributed by atoms with Crippen LogP contribution in [-0.4, -0.2) is 36.9 Å². The van der Waals surface area contributed by atoms with Crippen molar-refractivity contribution in [3.8, 4) is 0 Å². The first kappa shape index (κ1) is 13.4. The van der Waals surface area contributed by atoms with Gasteiger partial charge in [-0.2, -0.15) is 4.31 Å². The molecule has 0 aromatic rings. The van der Waals surface area contributed by atoms with Gasteiger partial charge in [0.05, 0.1) is 11.8 Å². The van der Waals surface area contributed by atoms with Gasteiger partial charge in [0, 0.05) is 6.54 Å². The van der Waals surface area contributed by atoms with Crippen molar-refractivity contribution < 1.29 is 8.42 Å². The summed E-state index contributed by atoms with van der Waals surface area (Å²) < 4.78 is 25.8. The Labute approximate surface area is 97.6 Å². The van der Waals surface area contributed by atoms with Gasteiger partial charge >= 0.3 is 0 Å². The lowest BCUT2D eigenvalue weighted by molar-refractivity contribution is 0.437. The van der Waals surface area contributed by atoms with E-state index in [9.17, 15) is 8.42 Å². The van der Waals surface area contributed by atoms with Gasteiger partial charge in [-0.05, 0) is 19.3 Å². The van der Waals surface area contributed by atoms with Crippen molar-refractivity contribution >= 4 is 15.9 Å². The van der Waals surface area contributed by atoms with E-state index < -0.39 is 10.0 Å². The highest BCUT2D eigenvalue weighted by Crippen LogP contribution is 2.27. The number of sulfonamides is 1. The molecule has 1 saturated carbocycles. The summed E-state index contributed by atoms with van der Waals surface area (Å²) in [5.74, 6) is -0.0879. The molecule has 0 amide bonds. The van der Waals surface area contributed by atoms with Crippen molar-refractivity contribution in [2.45, 2.75) is 44.3 Å². The van der Waals surface area contributed by atoms with E-state index in [-0.39, 0.29) is 17.6 Å². The predicted octanol–water partition coefficient (Wildman–Crippen LogP) is 0.907. The fraction of sp³-hybridized carbons (Fsp3) is 0.900. The van der Waals surface area contributed by atoms with Crippen LogP contribution in [0.15, 0.2) is 0 Å². The van der Waals surface area contributed by atoms with Crippen LogP contribution in [0.4, 0.5) is 0 Å². The van der Waals surface area contributed by atoms with Crippen LogP contribution in [-0.2, 0) is 10.0 Å². The summed E-state index contributed by atoms with van der Waals surface area (Å²) in [6.45, 7) is 2.42. The number of rotatable bonds is 6. The van der Waals surface area contributed by atoms with Crippen molar-refractivity contribution in [1.82, 2.24) is 4.31 Å². The fourth-order valence-corrected chi connectivity index (χ4v) is 4.24. The monoisotopic (exact) mass is 247 g/mol. The molecule has 0 aromatic carbocycles. The molecule has 5 nitrogen and oxygen atoms in total. The van der Waals surface area contributed by atoms with E-state index in [4.69, 9.17) is 11.1 Å². The number of hydrogen-bond acceptors (Lipinski definition) is 3. The molecule has 0 unspecified atom stereocenters. The van der Waals surface area contributed by atoms with E-state index in [1.54, 1.807) is 0 Å². The normalized spacial score (nSPS) is 18.1. The zero-order valence-electron chi connectivity index (χ0n) is 9.78. The van der Waals surface area contributed by atoms with E-state index in [1.165, 1.54) is 4.31 Å². The maximum Gasteiger partial charge on any atom is 0.217 e. The minimum atomic E-state index is -3.25. The van der Waals surface area contributed by atoms with Crippen LogP contribution in [0.2, 0.25) is 0 Å². The lowest BCUT2D eigenvalue weighted by Crippen LogP contribution is -2.42. The van der Waals surface area contributed by atoms with Crippen LogP contribution in [0.1, 0.15) is 39.0 Å². The highest BCUT2D eigenvalue weighted by atomic mass is 32.2. The van der Waals surface area contributed by atoms with Gasteiger partial charge in [-0.25, -0.2) is 8.42 Å². The smallest absolute Gasteiger partial charge is 0.217 e. The SMILES string of the molecule is CCCN(CC(=N)N)S(=O)(=O)C1CCCC1. The van der Waals surface area contributed by atoms with Gasteiger partial charge < -0.3 is 5.73 Å². The molecule has 0 bridgehead atoms. The molecule has 0 aliphatic heterocycles. The molecule has 0 heterocycles. The third-order valence-corrected chi connectivity index (χ3v) is 5.25. The van der Waals surface area contributed by atoms with Crippen LogP contribution in [0, 0.1) is 5.41 Å². The Morgan fingerprint density at radius 3 is 2.44 bits per heavy atom. The Bertz CT molecular complexity index is 334. The van der Waals surface area contributed by atoms with Crippen LogP contribution >= 0.6 is 0 Å². The van der Waals surface area contributed by atoms with Gasteiger partial charge in [-0.3, -0.25) is 5.41 Å². The number of amidine groups is 1. The molecule has 1 rings (SSSR count). The fourth-order valence-electron chi connectivity index (χ4n) is 2.13. The van der Waals surface area contributed by atoms with Crippen LogP contribution < -0.4 is 5.73 Å². The van der Waals surface area contributed by atoms with Gasteiger partial charge in [0.25, 0.3) is 0 Å². The Kier molecular flexibility index (Phi) is 4.73. The number of hydrogen-bond donors (Lipinski definition) is 2. The Hall–Kier alpha value is -0.620. The Balaban J connectivity index is 2.78. The molecular weight excluding hydrogens is 226 g/mol. The predicted molar refractivity (Wildman–Crippen MR) is 65.0 cm³/mol. The molecule has 0 saturated heterocycles. The summed E-state index contributed by atoms with van der Waals surface area (Å²) in [6.07, 6.45) is 4.23. The average molecular weight is 247 g/mol. The van der Waals surface area contributed by atoms with Gasteiger partial charge in [0.2, 0.25) is 10.0 Å². The van der Waals surface area contributed by atoms with Crippen molar-refractivity contribution in [2.24, 2.45) is 5.73 Å². The van der Waals surface area contributed by atoms with E-state index in [1.807, 2.05) is 6.92 Å². The van der Waals surface area contributed by atoms with Gasteiger partial charge in [0.15, 0.2) is 0 Å². The molecule has 1 aliphatic rings. The first-order valence-corrected chi connectivity index (χ1v) is 7.30. The third-order valence-electron chi connectivity index (χ3n) is 2.90. The Morgan fingerprint density at radius 1 is 1.44 bits per heavy atom. The summed E-state index contributed by atoms with van der Waals surface area (Å²) >= 11 is 0. The second kappa shape index (κ2) is 5.63. The number of nitrogens with one attached hydrogen (secondary N) is 1. The second-order valence-electron chi connectivity index (χ2n) is 4.31. The molecule has 0 spiro atoms. The molecule has 16 heavy (non-hydrogen) atoms. The third kappa shape index (κ3) is 3.18. The standard InChI is InChI=1S/C10H21N3O2S/c1-2-7-13(8-10(11)12)16(14,15)9-5-3-4-6-9/h9H,2-8H2,1H3,(H3,11,12). The van der Waals surface area contributed by atoms with Gasteiger partial charge in [-0.1, -0.05) is 19.8 Å². The molecule has 3 N–H and O–H groups in total. The van der Waals surface area contributed by atoms with Gasteiger partial charge in [0.1, 0.15) is 5.84 Å². The first-order valence-electron chi connectivity index (χ1n) is 5.80. The van der Waals surface area contributed by atoms with Crippen LogP contribution in [0.3, 0.4) is 0 Å². The number of nitrogens with two attached hydrogens (primary N) is 1. The largest absolute Gasteiger partial charge is 0.387 e. The van der Waals surface area contributed by atoms with Crippen LogP contribution in [0.5, 0.6) is 0 Å². The van der Waals surface area contributed by atoms with Crippen molar-refractivity contribution in [2.75, 3.05) is 13.1 Å². The summed E-state index contributed by atoms with van der Waals surface area (Å²) in [5, 5.41) is 6.97. The minimum Gasteiger partial charge on any atom is -0.387 e. The van der Waals surface area contributed by atoms with E-state index in [0.29, 0.717) is 6.54 Å². The summed E-state index contributed by atoms with van der Waals surface area (Å²) in [7, 11) is -3.25. The quantitative estimate of drug-likeness (QED) is 0.540. The minimum absolute atomic E-state index is 0.0344. The molecule has 0 aromatic heterocycles. The van der Waals surface area contributed by atoms with Crippen molar-refractivity contribution in [3.05, 3.63) is 0 Å². The molecule has 6 heteroatoms. The lowest BCUT2D eigenvalue weighted by Gasteiger charge is -2.24. The highest BCUT2D eigenvalue weighted by molar-refractivity contribution is 7.89. The maximum atomic E-state index is 12.2. The molecule has 94 valence electrons. The topological polar surface area (TPSA) is 87.2 Å². The van der Waals surface area contributed by atoms with E-state index in [2.05, 4.69) is 0 Å². The number of nitrogens with zero attached hydrogens (tertiary/aromatic N) is 1. The van der Waals surface area contributed by atoms with Crippen molar-refractivity contribution in [3.63, 3.8) is 0 Å². The molecular formula is C10H21N3O2S. The molecule has 1 aliphatic carbocycles. The molecule has 0 radical (unpaired) electrons. The highest BCUT2D eigenvalue weighted by Gasteiger charge is 2.33. The van der Waals surface area contributed by atoms with Crippen molar-refractivity contribution in [1.29, 1.82) is 5.41 Å². The summed E-state index contributed by atoms with van der Waals surface area (Å²) in [6, 6.07) is 0. The Morgan fingerprint density at radius 2 is 2.00 bits per heavy atom. The van der Waals surface area contributed by atoms with Gasteiger partial charge in [-0.15, -0.1) is 0 Å².